The molecule has 15 heavy (non-hydrogen) atoms. The van der Waals surface area contributed by atoms with E-state index in [1.807, 2.05) is 16.7 Å². The summed E-state index contributed by atoms with van der Waals surface area (Å²) in [6.07, 6.45) is 2.31. The highest BCUT2D eigenvalue weighted by Crippen LogP contribution is 2.17. The number of hydrogen-bond acceptors (Lipinski definition) is 1. The normalized spacial score (nSPS) is 18.3. The van der Waals surface area contributed by atoms with Crippen LogP contribution in [0.3, 0.4) is 0 Å². The number of piperidine rings is 1. The van der Waals surface area contributed by atoms with Crippen LogP contribution in [0, 0.1) is 5.92 Å². The first kappa shape index (κ1) is 12.3. The van der Waals surface area contributed by atoms with E-state index >= 15 is 0 Å². The van der Waals surface area contributed by atoms with Crippen LogP contribution in [0.5, 0.6) is 0 Å². The first-order valence-electron chi connectivity index (χ1n) is 6.11. The van der Waals surface area contributed by atoms with E-state index in [9.17, 15) is 4.79 Å². The molecule has 1 heterocycles. The number of hydrogen-bond donors (Lipinski definition) is 0. The van der Waals surface area contributed by atoms with Gasteiger partial charge in [0.15, 0.2) is 0 Å². The lowest BCUT2D eigenvalue weighted by atomic mass is 9.99. The van der Waals surface area contributed by atoms with Crippen molar-refractivity contribution in [2.75, 3.05) is 19.6 Å². The van der Waals surface area contributed by atoms with Crippen LogP contribution >= 0.6 is 0 Å². The molecule has 3 nitrogen and oxygen atoms in total. The highest BCUT2D eigenvalue weighted by molar-refractivity contribution is 5.74. The average molecular weight is 212 g/mol. The van der Waals surface area contributed by atoms with E-state index in [2.05, 4.69) is 20.8 Å². The molecule has 1 rings (SSSR count). The monoisotopic (exact) mass is 212 g/mol. The van der Waals surface area contributed by atoms with Crippen molar-refractivity contribution in [3.63, 3.8) is 0 Å². The number of amides is 2. The summed E-state index contributed by atoms with van der Waals surface area (Å²) in [4.78, 5) is 16.1. The zero-order valence-electron chi connectivity index (χ0n) is 10.5. The molecule has 2 amide bonds. The van der Waals surface area contributed by atoms with E-state index in [1.54, 1.807) is 0 Å². The van der Waals surface area contributed by atoms with Gasteiger partial charge in [0.05, 0.1) is 0 Å². The van der Waals surface area contributed by atoms with Crippen molar-refractivity contribution in [1.82, 2.24) is 9.80 Å². The van der Waals surface area contributed by atoms with Gasteiger partial charge in [-0.1, -0.05) is 6.92 Å². The molecule has 0 aromatic carbocycles. The fraction of sp³-hybridized carbons (Fsp3) is 0.917. The Morgan fingerprint density at radius 1 is 1.40 bits per heavy atom. The Morgan fingerprint density at radius 3 is 2.33 bits per heavy atom. The Balaban J connectivity index is 2.52. The molecule has 0 N–H and O–H groups in total. The Hall–Kier alpha value is -0.730. The SMILES string of the molecule is CCN(C(=O)N1CCC(C)CC1)C(C)C. The van der Waals surface area contributed by atoms with Crippen LogP contribution in [0.2, 0.25) is 0 Å². The van der Waals surface area contributed by atoms with Gasteiger partial charge in [-0.3, -0.25) is 0 Å². The molecule has 1 aliphatic rings. The van der Waals surface area contributed by atoms with Gasteiger partial charge in [-0.15, -0.1) is 0 Å². The van der Waals surface area contributed by atoms with Crippen molar-refractivity contribution in [1.29, 1.82) is 0 Å². The van der Waals surface area contributed by atoms with Crippen molar-refractivity contribution in [2.24, 2.45) is 5.92 Å². The van der Waals surface area contributed by atoms with Gasteiger partial charge in [-0.05, 0) is 39.5 Å². The lowest BCUT2D eigenvalue weighted by Gasteiger charge is -2.36. The van der Waals surface area contributed by atoms with Crippen molar-refractivity contribution in [2.45, 2.75) is 46.6 Å². The van der Waals surface area contributed by atoms with E-state index < -0.39 is 0 Å². The van der Waals surface area contributed by atoms with Gasteiger partial charge in [0.2, 0.25) is 0 Å². The molecule has 3 heteroatoms. The van der Waals surface area contributed by atoms with Gasteiger partial charge in [-0.2, -0.15) is 0 Å². The summed E-state index contributed by atoms with van der Waals surface area (Å²) in [5, 5.41) is 0. The van der Waals surface area contributed by atoms with Gasteiger partial charge in [-0.25, -0.2) is 4.79 Å². The van der Waals surface area contributed by atoms with Gasteiger partial charge in [0.25, 0.3) is 0 Å². The largest absolute Gasteiger partial charge is 0.325 e. The Bertz CT molecular complexity index is 208. The number of rotatable bonds is 2. The van der Waals surface area contributed by atoms with E-state index in [-0.39, 0.29) is 6.03 Å². The Labute approximate surface area is 93.4 Å². The topological polar surface area (TPSA) is 23.6 Å². The van der Waals surface area contributed by atoms with Crippen LogP contribution in [0.1, 0.15) is 40.5 Å². The number of carbonyl (C=O) groups excluding carboxylic acids is 1. The van der Waals surface area contributed by atoms with Crippen LogP contribution < -0.4 is 0 Å². The second kappa shape index (κ2) is 5.38. The van der Waals surface area contributed by atoms with Gasteiger partial charge in [0, 0.05) is 25.7 Å². The van der Waals surface area contributed by atoms with Crippen LogP contribution in [-0.4, -0.2) is 41.5 Å². The lowest BCUT2D eigenvalue weighted by molar-refractivity contribution is 0.126. The lowest BCUT2D eigenvalue weighted by Crippen LogP contribution is -2.48. The highest BCUT2D eigenvalue weighted by atomic mass is 16.2. The molecule has 0 unspecified atom stereocenters. The molecule has 0 atom stereocenters. The Morgan fingerprint density at radius 2 is 1.93 bits per heavy atom. The van der Waals surface area contributed by atoms with E-state index in [4.69, 9.17) is 0 Å². The first-order chi connectivity index (χ1) is 7.06. The predicted octanol–water partition coefficient (Wildman–Crippen LogP) is 2.57. The molecule has 0 spiro atoms. The summed E-state index contributed by atoms with van der Waals surface area (Å²) in [6.45, 7) is 11.1. The molecule has 0 bridgehead atoms. The smallest absolute Gasteiger partial charge is 0.320 e. The minimum atomic E-state index is 0.222. The van der Waals surface area contributed by atoms with Crippen LogP contribution in [0.25, 0.3) is 0 Å². The molecule has 0 aromatic heterocycles. The summed E-state index contributed by atoms with van der Waals surface area (Å²) in [5.41, 5.74) is 0. The maximum Gasteiger partial charge on any atom is 0.320 e. The van der Waals surface area contributed by atoms with Crippen molar-refractivity contribution >= 4 is 6.03 Å². The third-order valence-electron chi connectivity index (χ3n) is 3.26. The molecule has 1 fully saturated rings. The van der Waals surface area contributed by atoms with E-state index in [0.29, 0.717) is 6.04 Å². The fourth-order valence-electron chi connectivity index (χ4n) is 2.10. The average Bonchev–Trinajstić information content (AvgIpc) is 2.19. The predicted molar refractivity (Wildman–Crippen MR) is 62.9 cm³/mol. The standard InChI is InChI=1S/C12H24N2O/c1-5-14(10(2)3)12(15)13-8-6-11(4)7-9-13/h10-11H,5-9H2,1-4H3. The zero-order valence-corrected chi connectivity index (χ0v) is 10.5. The molecule has 0 aromatic rings. The third kappa shape index (κ3) is 3.11. The van der Waals surface area contributed by atoms with E-state index in [1.165, 1.54) is 0 Å². The maximum atomic E-state index is 12.1. The molecule has 1 aliphatic heterocycles. The number of nitrogens with zero attached hydrogens (tertiary/aromatic N) is 2. The minimum absolute atomic E-state index is 0.222. The van der Waals surface area contributed by atoms with Crippen molar-refractivity contribution in [3.8, 4) is 0 Å². The highest BCUT2D eigenvalue weighted by Gasteiger charge is 2.24. The number of urea groups is 1. The molecule has 1 saturated heterocycles. The second-order valence-corrected chi connectivity index (χ2v) is 4.83. The minimum Gasteiger partial charge on any atom is -0.325 e. The molecular formula is C12H24N2O. The molecule has 0 saturated carbocycles. The van der Waals surface area contributed by atoms with Gasteiger partial charge < -0.3 is 9.80 Å². The van der Waals surface area contributed by atoms with Crippen molar-refractivity contribution in [3.05, 3.63) is 0 Å². The van der Waals surface area contributed by atoms with Crippen LogP contribution in [-0.2, 0) is 0 Å². The quantitative estimate of drug-likeness (QED) is 0.690. The number of likely N-dealkylation sites (tertiary alicyclic amines) is 1. The van der Waals surface area contributed by atoms with E-state index in [0.717, 1.165) is 38.4 Å². The second-order valence-electron chi connectivity index (χ2n) is 4.83. The Kier molecular flexibility index (Phi) is 4.43. The third-order valence-corrected chi connectivity index (χ3v) is 3.26. The zero-order chi connectivity index (χ0) is 11.4. The molecule has 0 radical (unpaired) electrons. The fourth-order valence-corrected chi connectivity index (χ4v) is 2.10. The summed E-state index contributed by atoms with van der Waals surface area (Å²) in [6, 6.07) is 0.529. The molecular weight excluding hydrogens is 188 g/mol. The summed E-state index contributed by atoms with van der Waals surface area (Å²) >= 11 is 0. The van der Waals surface area contributed by atoms with Crippen LogP contribution in [0.4, 0.5) is 4.79 Å². The molecule has 88 valence electrons. The maximum absolute atomic E-state index is 12.1. The molecule has 0 aliphatic carbocycles. The first-order valence-corrected chi connectivity index (χ1v) is 6.11. The number of carbonyl (C=O) groups is 1. The summed E-state index contributed by atoms with van der Waals surface area (Å²) in [7, 11) is 0. The summed E-state index contributed by atoms with van der Waals surface area (Å²) < 4.78 is 0. The van der Waals surface area contributed by atoms with Crippen LogP contribution in [0.15, 0.2) is 0 Å². The summed E-state index contributed by atoms with van der Waals surface area (Å²) in [5.74, 6) is 0.781. The van der Waals surface area contributed by atoms with Crippen molar-refractivity contribution < 1.29 is 4.79 Å². The van der Waals surface area contributed by atoms with Gasteiger partial charge >= 0.3 is 6.03 Å². The van der Waals surface area contributed by atoms with Gasteiger partial charge in [0.1, 0.15) is 0 Å².